The van der Waals surface area contributed by atoms with Gasteiger partial charge in [0.1, 0.15) is 5.37 Å². The molecule has 2 heterocycles. The van der Waals surface area contributed by atoms with Crippen LogP contribution < -0.4 is 0 Å². The van der Waals surface area contributed by atoms with Crippen LogP contribution in [0.2, 0.25) is 0 Å². The first-order valence-corrected chi connectivity index (χ1v) is 16.2. The van der Waals surface area contributed by atoms with Crippen molar-refractivity contribution in [3.63, 3.8) is 0 Å². The molecule has 1 N–H and O–H groups in total. The number of carbonyl (C=O) groups excluding carboxylic acids is 1. The van der Waals surface area contributed by atoms with Crippen molar-refractivity contribution in [3.05, 3.63) is 35.9 Å². The van der Waals surface area contributed by atoms with Crippen molar-refractivity contribution in [2.45, 2.75) is 79.8 Å². The Morgan fingerprint density at radius 3 is 2.31 bits per heavy atom. The summed E-state index contributed by atoms with van der Waals surface area (Å²) in [5, 5.41) is 11.1. The first-order chi connectivity index (χ1) is 17.0. The van der Waals surface area contributed by atoms with Crippen LogP contribution in [0.15, 0.2) is 30.3 Å². The van der Waals surface area contributed by atoms with Crippen molar-refractivity contribution in [2.75, 3.05) is 38.3 Å². The molecule has 2 amide bonds. The summed E-state index contributed by atoms with van der Waals surface area (Å²) in [6.07, 6.45) is 6.82. The maximum Gasteiger partial charge on any atom is 0.321 e. The van der Waals surface area contributed by atoms with Gasteiger partial charge in [-0.2, -0.15) is 0 Å². The van der Waals surface area contributed by atoms with Gasteiger partial charge in [0.05, 0.1) is 23.4 Å². The number of nitrogens with zero attached hydrogens (tertiary/aromatic N) is 3. The van der Waals surface area contributed by atoms with E-state index in [1.807, 2.05) is 11.0 Å². The Bertz CT molecular complexity index is 1070. The maximum absolute atomic E-state index is 14.0. The molecular weight excluding hydrogens is 542 g/mol. The number of β-amino-alcohol motifs (C(OH)–C–C–N with tert-alkyl or cyclic N) is 1. The SMILES string of the molecule is CN(C)C1(c2ccccc2)CCC2(CC1)CN(C1CC(CBr)CCS1(=O)=O)C(=O)N2CC1(O)CCC1. The summed E-state index contributed by atoms with van der Waals surface area (Å²) in [4.78, 5) is 19.9. The van der Waals surface area contributed by atoms with E-state index in [1.165, 1.54) is 5.56 Å². The quantitative estimate of drug-likeness (QED) is 0.514. The minimum absolute atomic E-state index is 0.125. The number of amides is 2. The molecule has 7 nitrogen and oxygen atoms in total. The summed E-state index contributed by atoms with van der Waals surface area (Å²) < 4.78 is 26.4. The number of carbonyl (C=O) groups is 1. The fourth-order valence-electron chi connectivity index (χ4n) is 7.10. The molecule has 2 aliphatic heterocycles. The van der Waals surface area contributed by atoms with Crippen LogP contribution in [-0.2, 0) is 15.4 Å². The molecule has 9 heteroatoms. The number of hydrogen-bond acceptors (Lipinski definition) is 5. The first kappa shape index (κ1) is 26.4. The lowest BCUT2D eigenvalue weighted by Gasteiger charge is -2.52. The largest absolute Gasteiger partial charge is 0.388 e. The van der Waals surface area contributed by atoms with Crippen molar-refractivity contribution >= 4 is 31.8 Å². The Morgan fingerprint density at radius 2 is 1.75 bits per heavy atom. The fourth-order valence-corrected chi connectivity index (χ4v) is 9.74. The number of sulfone groups is 1. The second kappa shape index (κ2) is 9.54. The Hall–Kier alpha value is -1.16. The number of rotatable bonds is 6. The van der Waals surface area contributed by atoms with Gasteiger partial charge in [-0.05, 0) is 83.4 Å². The molecule has 2 saturated carbocycles. The summed E-state index contributed by atoms with van der Waals surface area (Å²) >= 11 is 3.54. The molecule has 2 aliphatic carbocycles. The van der Waals surface area contributed by atoms with E-state index in [9.17, 15) is 18.3 Å². The number of benzene rings is 1. The first-order valence-electron chi connectivity index (χ1n) is 13.4. The molecule has 1 aromatic rings. The molecule has 5 rings (SSSR count). The van der Waals surface area contributed by atoms with Gasteiger partial charge in [-0.15, -0.1) is 0 Å². The highest BCUT2D eigenvalue weighted by Gasteiger charge is 2.59. The number of alkyl halides is 1. The van der Waals surface area contributed by atoms with Crippen LogP contribution in [0.5, 0.6) is 0 Å². The molecule has 4 aliphatic rings. The van der Waals surface area contributed by atoms with Gasteiger partial charge in [-0.1, -0.05) is 46.3 Å². The molecular formula is C27H40BrN3O4S. The van der Waals surface area contributed by atoms with Crippen molar-refractivity contribution < 1.29 is 18.3 Å². The second-order valence-electron chi connectivity index (χ2n) is 12.0. The Kier molecular flexibility index (Phi) is 7.01. The smallest absolute Gasteiger partial charge is 0.321 e. The van der Waals surface area contributed by atoms with E-state index in [1.54, 1.807) is 4.90 Å². The van der Waals surface area contributed by atoms with Crippen LogP contribution in [0, 0.1) is 5.92 Å². The molecule has 2 atom stereocenters. The molecule has 1 aromatic carbocycles. The van der Waals surface area contributed by atoms with Gasteiger partial charge in [0.2, 0.25) is 0 Å². The van der Waals surface area contributed by atoms with Crippen molar-refractivity contribution in [1.29, 1.82) is 0 Å². The summed E-state index contributed by atoms with van der Waals surface area (Å²) in [6.45, 7) is 0.733. The highest BCUT2D eigenvalue weighted by molar-refractivity contribution is 9.09. The Labute approximate surface area is 224 Å². The van der Waals surface area contributed by atoms with Crippen LogP contribution in [0.3, 0.4) is 0 Å². The third-order valence-electron chi connectivity index (χ3n) is 9.75. The van der Waals surface area contributed by atoms with Gasteiger partial charge in [-0.25, -0.2) is 13.2 Å². The average Bonchev–Trinajstić information content (AvgIpc) is 3.10. The van der Waals surface area contributed by atoms with Crippen molar-refractivity contribution in [2.24, 2.45) is 5.92 Å². The third kappa shape index (κ3) is 4.41. The van der Waals surface area contributed by atoms with E-state index in [0.717, 1.165) is 37.4 Å². The van der Waals surface area contributed by atoms with Crippen LogP contribution in [0.25, 0.3) is 0 Å². The van der Waals surface area contributed by atoms with E-state index in [2.05, 4.69) is 59.2 Å². The highest BCUT2D eigenvalue weighted by Crippen LogP contribution is 2.51. The lowest BCUT2D eigenvalue weighted by molar-refractivity contribution is -0.0725. The van der Waals surface area contributed by atoms with E-state index in [0.29, 0.717) is 38.8 Å². The topological polar surface area (TPSA) is 81.2 Å². The zero-order valence-electron chi connectivity index (χ0n) is 21.5. The van der Waals surface area contributed by atoms with Crippen LogP contribution in [-0.4, -0.2) is 89.0 Å². The summed E-state index contributed by atoms with van der Waals surface area (Å²) in [6, 6.07) is 10.4. The summed E-state index contributed by atoms with van der Waals surface area (Å²) in [5.74, 6) is 0.379. The lowest BCUT2D eigenvalue weighted by Crippen LogP contribution is -2.59. The van der Waals surface area contributed by atoms with Gasteiger partial charge in [0.25, 0.3) is 0 Å². The van der Waals surface area contributed by atoms with Gasteiger partial charge in [-0.3, -0.25) is 4.90 Å². The molecule has 1 spiro atoms. The summed E-state index contributed by atoms with van der Waals surface area (Å²) in [7, 11) is 0.863. The number of halogens is 1. The number of urea groups is 1. The summed E-state index contributed by atoms with van der Waals surface area (Å²) in [5.41, 5.74) is -0.142. The molecule has 36 heavy (non-hydrogen) atoms. The van der Waals surface area contributed by atoms with E-state index < -0.39 is 26.4 Å². The molecule has 200 valence electrons. The van der Waals surface area contributed by atoms with E-state index >= 15 is 0 Å². The number of aliphatic hydroxyl groups is 1. The van der Waals surface area contributed by atoms with Crippen molar-refractivity contribution in [3.8, 4) is 0 Å². The zero-order chi connectivity index (χ0) is 25.8. The van der Waals surface area contributed by atoms with Crippen LogP contribution >= 0.6 is 15.9 Å². The average molecular weight is 583 g/mol. The third-order valence-corrected chi connectivity index (χ3v) is 12.7. The van der Waals surface area contributed by atoms with Gasteiger partial charge < -0.3 is 14.9 Å². The number of hydrogen-bond donors (Lipinski definition) is 1. The Balaban J connectivity index is 1.47. The van der Waals surface area contributed by atoms with Gasteiger partial charge >= 0.3 is 6.03 Å². The molecule has 4 fully saturated rings. The predicted octanol–water partition coefficient (Wildman–Crippen LogP) is 3.95. The fraction of sp³-hybridized carbons (Fsp3) is 0.741. The molecule has 0 bridgehead atoms. The minimum atomic E-state index is -3.39. The zero-order valence-corrected chi connectivity index (χ0v) is 23.9. The van der Waals surface area contributed by atoms with E-state index in [-0.39, 0.29) is 23.2 Å². The Morgan fingerprint density at radius 1 is 1.08 bits per heavy atom. The predicted molar refractivity (Wildman–Crippen MR) is 145 cm³/mol. The molecule has 2 unspecified atom stereocenters. The van der Waals surface area contributed by atoms with Gasteiger partial charge in [0, 0.05) is 17.4 Å². The second-order valence-corrected chi connectivity index (χ2v) is 14.9. The molecule has 0 aromatic heterocycles. The normalized spacial score (nSPS) is 33.2. The lowest BCUT2D eigenvalue weighted by atomic mass is 9.67. The van der Waals surface area contributed by atoms with Crippen LogP contribution in [0.4, 0.5) is 4.79 Å². The minimum Gasteiger partial charge on any atom is -0.388 e. The molecule has 0 radical (unpaired) electrons. The highest BCUT2D eigenvalue weighted by atomic mass is 79.9. The van der Waals surface area contributed by atoms with Gasteiger partial charge in [0.15, 0.2) is 9.84 Å². The van der Waals surface area contributed by atoms with Crippen molar-refractivity contribution in [1.82, 2.24) is 14.7 Å². The standard InChI is InChI=1S/C27H40BrN3O4S/c1-29(2)27(22-7-4-3-5-8-22)14-12-25(13-15-27)19-30(23-17-21(18-28)9-16-36(23,34)35)24(32)31(25)20-26(33)10-6-11-26/h3-5,7-8,21,23,33H,6,9-20H2,1-2H3. The molecule has 2 saturated heterocycles. The maximum atomic E-state index is 14.0. The van der Waals surface area contributed by atoms with Crippen LogP contribution in [0.1, 0.15) is 63.4 Å². The van der Waals surface area contributed by atoms with E-state index in [4.69, 9.17) is 0 Å². The monoisotopic (exact) mass is 581 g/mol.